The fourth-order valence-corrected chi connectivity index (χ4v) is 2.51. The summed E-state index contributed by atoms with van der Waals surface area (Å²) in [7, 11) is 1.62. The van der Waals surface area contributed by atoms with Crippen molar-refractivity contribution in [3.8, 4) is 5.75 Å². The van der Waals surface area contributed by atoms with Crippen LogP contribution in [-0.2, 0) is 13.1 Å². The van der Waals surface area contributed by atoms with Crippen molar-refractivity contribution in [3.05, 3.63) is 78.1 Å². The highest BCUT2D eigenvalue weighted by atomic mass is 127. The molecule has 0 aliphatic carbocycles. The van der Waals surface area contributed by atoms with Gasteiger partial charge in [0.15, 0.2) is 5.96 Å². The van der Waals surface area contributed by atoms with E-state index in [4.69, 9.17) is 10.5 Å². The maximum atomic E-state index is 5.99. The molecule has 0 aliphatic rings. The molecule has 7 heteroatoms. The molecular formula is C19H22IN5O. The number of hydrogen-bond donors (Lipinski definition) is 2. The Bertz CT molecular complexity index is 849. The van der Waals surface area contributed by atoms with Crippen LogP contribution in [0, 0.1) is 0 Å². The molecule has 3 rings (SSSR count). The molecule has 1 aromatic heterocycles. The van der Waals surface area contributed by atoms with E-state index in [1.807, 2.05) is 53.3 Å². The molecule has 0 saturated carbocycles. The molecule has 2 aromatic carbocycles. The zero-order chi connectivity index (χ0) is 17.5. The lowest BCUT2D eigenvalue weighted by atomic mass is 10.1. The molecular weight excluding hydrogens is 441 g/mol. The summed E-state index contributed by atoms with van der Waals surface area (Å²) < 4.78 is 7.18. The number of anilines is 1. The van der Waals surface area contributed by atoms with E-state index in [2.05, 4.69) is 27.5 Å². The normalized spacial score (nSPS) is 10.9. The summed E-state index contributed by atoms with van der Waals surface area (Å²) in [6, 6.07) is 17.7. The van der Waals surface area contributed by atoms with Gasteiger partial charge in [0.05, 0.1) is 25.9 Å². The van der Waals surface area contributed by atoms with Crippen LogP contribution in [0.2, 0.25) is 0 Å². The van der Waals surface area contributed by atoms with Gasteiger partial charge in [0.25, 0.3) is 0 Å². The number of nitrogens with zero attached hydrogens (tertiary/aromatic N) is 3. The van der Waals surface area contributed by atoms with E-state index >= 15 is 0 Å². The second-order valence-corrected chi connectivity index (χ2v) is 5.55. The number of halogens is 1. The second-order valence-electron chi connectivity index (χ2n) is 5.55. The van der Waals surface area contributed by atoms with E-state index in [9.17, 15) is 0 Å². The Labute approximate surface area is 170 Å². The number of benzene rings is 2. The number of nitrogens with one attached hydrogen (secondary N) is 1. The van der Waals surface area contributed by atoms with E-state index in [1.165, 1.54) is 5.56 Å². The lowest BCUT2D eigenvalue weighted by molar-refractivity contribution is 0.417. The van der Waals surface area contributed by atoms with E-state index in [-0.39, 0.29) is 24.0 Å². The summed E-state index contributed by atoms with van der Waals surface area (Å²) in [6.07, 6.45) is 3.72. The van der Waals surface area contributed by atoms with Crippen LogP contribution in [0.1, 0.15) is 11.1 Å². The summed E-state index contributed by atoms with van der Waals surface area (Å²) in [5.74, 6) is 1.07. The van der Waals surface area contributed by atoms with Crippen molar-refractivity contribution in [1.29, 1.82) is 0 Å². The quantitative estimate of drug-likeness (QED) is 0.334. The lowest BCUT2D eigenvalue weighted by Gasteiger charge is -2.10. The highest BCUT2D eigenvalue weighted by molar-refractivity contribution is 14.0. The van der Waals surface area contributed by atoms with Gasteiger partial charge in [-0.1, -0.05) is 36.4 Å². The molecule has 3 aromatic rings. The minimum Gasteiger partial charge on any atom is -0.495 e. The lowest BCUT2D eigenvalue weighted by Crippen LogP contribution is -2.22. The summed E-state index contributed by atoms with van der Waals surface area (Å²) >= 11 is 0. The molecule has 0 atom stereocenters. The fraction of sp³-hybridized carbons (Fsp3) is 0.158. The van der Waals surface area contributed by atoms with Gasteiger partial charge in [-0.3, -0.25) is 4.68 Å². The van der Waals surface area contributed by atoms with Gasteiger partial charge in [-0.05, 0) is 29.3 Å². The highest BCUT2D eigenvalue weighted by Gasteiger charge is 2.03. The number of guanidine groups is 1. The number of nitrogens with two attached hydrogens (primary N) is 1. The predicted molar refractivity (Wildman–Crippen MR) is 115 cm³/mol. The Hall–Kier alpha value is -2.55. The minimum absolute atomic E-state index is 0. The van der Waals surface area contributed by atoms with Gasteiger partial charge in [0.2, 0.25) is 0 Å². The van der Waals surface area contributed by atoms with Gasteiger partial charge in [0, 0.05) is 12.4 Å². The highest BCUT2D eigenvalue weighted by Crippen LogP contribution is 2.22. The maximum absolute atomic E-state index is 5.99. The zero-order valence-electron chi connectivity index (χ0n) is 14.5. The van der Waals surface area contributed by atoms with Crippen molar-refractivity contribution in [1.82, 2.24) is 9.78 Å². The molecule has 0 aliphatic heterocycles. The number of aliphatic imine (C=N–C) groups is 1. The average molecular weight is 463 g/mol. The number of hydrogen-bond acceptors (Lipinski definition) is 3. The largest absolute Gasteiger partial charge is 0.495 e. The molecule has 136 valence electrons. The molecule has 0 saturated heterocycles. The van der Waals surface area contributed by atoms with Crippen molar-refractivity contribution in [3.63, 3.8) is 0 Å². The van der Waals surface area contributed by atoms with Crippen LogP contribution in [0.5, 0.6) is 5.75 Å². The van der Waals surface area contributed by atoms with E-state index in [0.717, 1.165) is 23.5 Å². The van der Waals surface area contributed by atoms with Gasteiger partial charge in [0.1, 0.15) is 5.75 Å². The second kappa shape index (κ2) is 9.81. The molecule has 26 heavy (non-hydrogen) atoms. The number of rotatable bonds is 6. The fourth-order valence-electron chi connectivity index (χ4n) is 2.51. The van der Waals surface area contributed by atoms with E-state index < -0.39 is 0 Å². The van der Waals surface area contributed by atoms with Gasteiger partial charge in [-0.25, -0.2) is 4.99 Å². The molecule has 1 heterocycles. The van der Waals surface area contributed by atoms with Gasteiger partial charge in [-0.2, -0.15) is 5.10 Å². The smallest absolute Gasteiger partial charge is 0.193 e. The number of para-hydroxylation sites is 2. The first-order valence-corrected chi connectivity index (χ1v) is 8.00. The molecule has 6 nitrogen and oxygen atoms in total. The summed E-state index contributed by atoms with van der Waals surface area (Å²) in [6.45, 7) is 1.24. The number of ether oxygens (including phenoxy) is 1. The Balaban J connectivity index is 0.00000243. The van der Waals surface area contributed by atoms with Crippen LogP contribution in [0.25, 0.3) is 0 Å². The molecule has 0 radical (unpaired) electrons. The summed E-state index contributed by atoms with van der Waals surface area (Å²) in [4.78, 5) is 4.41. The predicted octanol–water partition coefficient (Wildman–Crippen LogP) is 3.48. The van der Waals surface area contributed by atoms with E-state index in [1.54, 1.807) is 13.3 Å². The third-order valence-corrected chi connectivity index (χ3v) is 3.70. The zero-order valence-corrected chi connectivity index (χ0v) is 16.8. The SMILES string of the molecule is COc1ccccc1NC(N)=NCc1cccc(Cn2cccn2)c1.I. The van der Waals surface area contributed by atoms with Crippen LogP contribution < -0.4 is 15.8 Å². The third kappa shape index (κ3) is 5.48. The molecule has 0 spiro atoms. The first-order chi connectivity index (χ1) is 12.2. The van der Waals surface area contributed by atoms with Crippen molar-refractivity contribution in [2.75, 3.05) is 12.4 Å². The number of aromatic nitrogens is 2. The molecule has 0 bridgehead atoms. The van der Waals surface area contributed by atoms with Crippen LogP contribution in [-0.4, -0.2) is 22.8 Å². The van der Waals surface area contributed by atoms with Crippen LogP contribution >= 0.6 is 24.0 Å². The van der Waals surface area contributed by atoms with Gasteiger partial charge >= 0.3 is 0 Å². The Kier molecular flexibility index (Phi) is 7.46. The number of methoxy groups -OCH3 is 1. The monoisotopic (exact) mass is 463 g/mol. The molecule has 0 fully saturated rings. The third-order valence-electron chi connectivity index (χ3n) is 3.70. The van der Waals surface area contributed by atoms with Gasteiger partial charge < -0.3 is 15.8 Å². The maximum Gasteiger partial charge on any atom is 0.193 e. The Morgan fingerprint density at radius 3 is 2.73 bits per heavy atom. The van der Waals surface area contributed by atoms with Crippen molar-refractivity contribution in [2.24, 2.45) is 10.7 Å². The van der Waals surface area contributed by atoms with Crippen molar-refractivity contribution in [2.45, 2.75) is 13.1 Å². The Morgan fingerprint density at radius 1 is 1.15 bits per heavy atom. The molecule has 3 N–H and O–H groups in total. The van der Waals surface area contributed by atoms with Crippen molar-refractivity contribution >= 4 is 35.6 Å². The topological polar surface area (TPSA) is 77.5 Å². The van der Waals surface area contributed by atoms with E-state index in [0.29, 0.717) is 12.5 Å². The summed E-state index contributed by atoms with van der Waals surface area (Å²) in [5.41, 5.74) is 9.05. The standard InChI is InChI=1S/C19H21N5O.HI/c1-25-18-9-3-2-8-17(18)23-19(20)21-13-15-6-4-7-16(12-15)14-24-11-5-10-22-24;/h2-12H,13-14H2,1H3,(H3,20,21,23);1H. The van der Waals surface area contributed by atoms with Crippen LogP contribution in [0.3, 0.4) is 0 Å². The van der Waals surface area contributed by atoms with Crippen molar-refractivity contribution < 1.29 is 4.74 Å². The van der Waals surface area contributed by atoms with Crippen LogP contribution in [0.4, 0.5) is 5.69 Å². The minimum atomic E-state index is 0. The van der Waals surface area contributed by atoms with Gasteiger partial charge in [-0.15, -0.1) is 24.0 Å². The summed E-state index contributed by atoms with van der Waals surface area (Å²) in [5, 5.41) is 7.30. The first-order valence-electron chi connectivity index (χ1n) is 8.00. The average Bonchev–Trinajstić information content (AvgIpc) is 3.14. The van der Waals surface area contributed by atoms with Crippen LogP contribution in [0.15, 0.2) is 72.0 Å². The first kappa shape index (κ1) is 19.8. The Morgan fingerprint density at radius 2 is 1.96 bits per heavy atom. The molecule has 0 unspecified atom stereocenters. The molecule has 0 amide bonds.